The first kappa shape index (κ1) is 14.7. The van der Waals surface area contributed by atoms with Crippen LogP contribution >= 0.6 is 0 Å². The van der Waals surface area contributed by atoms with Crippen LogP contribution in [0.15, 0.2) is 48.5 Å². The predicted octanol–water partition coefficient (Wildman–Crippen LogP) is 3.90. The first-order valence-electron chi connectivity index (χ1n) is 6.44. The molecular formula is C16H22O2. The molecule has 3 rings (SSSR count). The van der Waals surface area contributed by atoms with Gasteiger partial charge in [0.05, 0.1) is 13.2 Å². The lowest BCUT2D eigenvalue weighted by atomic mass is 10.1. The fraction of sp³-hybridized carbons (Fsp3) is 0.375. The molecule has 1 fully saturated rings. The van der Waals surface area contributed by atoms with Crippen molar-refractivity contribution in [3.8, 4) is 0 Å². The van der Waals surface area contributed by atoms with Gasteiger partial charge < -0.3 is 9.47 Å². The summed E-state index contributed by atoms with van der Waals surface area (Å²) < 4.78 is 9.56. The van der Waals surface area contributed by atoms with Crippen LogP contribution in [-0.2, 0) is 9.47 Å². The van der Waals surface area contributed by atoms with E-state index in [1.807, 2.05) is 13.8 Å². The second-order valence-electron chi connectivity index (χ2n) is 3.76. The summed E-state index contributed by atoms with van der Waals surface area (Å²) in [6, 6.07) is 16.7. The van der Waals surface area contributed by atoms with Crippen molar-refractivity contribution in [2.24, 2.45) is 0 Å². The highest BCUT2D eigenvalue weighted by Crippen LogP contribution is 2.11. The summed E-state index contributed by atoms with van der Waals surface area (Å²) in [6.45, 7) is 5.66. The molecule has 2 heteroatoms. The number of hydrogen-bond acceptors (Lipinski definition) is 2. The average molecular weight is 246 g/mol. The number of methoxy groups -OCH3 is 1. The van der Waals surface area contributed by atoms with Crippen LogP contribution in [-0.4, -0.2) is 26.4 Å². The maximum atomic E-state index is 4.82. The van der Waals surface area contributed by atoms with Crippen molar-refractivity contribution < 1.29 is 9.47 Å². The molecule has 0 radical (unpaired) electrons. The summed E-state index contributed by atoms with van der Waals surface area (Å²) in [5.74, 6) is 0. The van der Waals surface area contributed by atoms with Gasteiger partial charge in [-0.3, -0.25) is 0 Å². The highest BCUT2D eigenvalue weighted by Gasteiger charge is 2.21. The van der Waals surface area contributed by atoms with Crippen LogP contribution in [0.1, 0.15) is 13.8 Å². The van der Waals surface area contributed by atoms with Gasteiger partial charge in [-0.1, -0.05) is 62.4 Å². The maximum Gasteiger partial charge on any atom is 0.104 e. The largest absolute Gasteiger partial charge is 0.382 e. The second-order valence-corrected chi connectivity index (χ2v) is 3.76. The topological polar surface area (TPSA) is 21.8 Å². The van der Waals surface area contributed by atoms with Gasteiger partial charge in [0.15, 0.2) is 0 Å². The molecule has 0 saturated carbocycles. The minimum Gasteiger partial charge on any atom is -0.382 e. The lowest BCUT2D eigenvalue weighted by Gasteiger charge is -1.92. The van der Waals surface area contributed by atoms with Crippen molar-refractivity contribution in [2.75, 3.05) is 20.3 Å². The van der Waals surface area contributed by atoms with E-state index in [2.05, 4.69) is 48.5 Å². The van der Waals surface area contributed by atoms with Gasteiger partial charge in [-0.15, -0.1) is 0 Å². The molecule has 0 amide bonds. The Morgan fingerprint density at radius 3 is 1.61 bits per heavy atom. The maximum absolute atomic E-state index is 4.82. The number of ether oxygens (including phenoxy) is 2. The van der Waals surface area contributed by atoms with Crippen molar-refractivity contribution in [1.82, 2.24) is 0 Å². The zero-order chi connectivity index (χ0) is 13.2. The molecule has 1 saturated heterocycles. The fourth-order valence-corrected chi connectivity index (χ4v) is 1.48. The van der Waals surface area contributed by atoms with Gasteiger partial charge >= 0.3 is 0 Å². The Balaban J connectivity index is 0.000000174. The summed E-state index contributed by atoms with van der Waals surface area (Å²) in [4.78, 5) is 0. The molecular weight excluding hydrogens is 224 g/mol. The molecule has 0 aromatic heterocycles. The van der Waals surface area contributed by atoms with Gasteiger partial charge in [-0.2, -0.15) is 0 Å². The van der Waals surface area contributed by atoms with E-state index in [0.717, 1.165) is 13.2 Å². The van der Waals surface area contributed by atoms with E-state index in [9.17, 15) is 0 Å². The Kier molecular flexibility index (Phi) is 7.07. The molecule has 2 aromatic rings. The lowest BCUT2D eigenvalue weighted by Crippen LogP contribution is -1.94. The molecule has 0 aliphatic carbocycles. The first-order valence-corrected chi connectivity index (χ1v) is 6.44. The van der Waals surface area contributed by atoms with Gasteiger partial charge in [0.1, 0.15) is 6.10 Å². The van der Waals surface area contributed by atoms with Crippen molar-refractivity contribution in [2.45, 2.75) is 20.0 Å². The molecule has 0 spiro atoms. The van der Waals surface area contributed by atoms with Gasteiger partial charge in [-0.25, -0.2) is 0 Å². The Labute approximate surface area is 110 Å². The molecule has 1 aliphatic rings. The Hall–Kier alpha value is -1.38. The highest BCUT2D eigenvalue weighted by molar-refractivity contribution is 5.81. The average Bonchev–Trinajstić information content (AvgIpc) is 3.27. The third-order valence-electron chi connectivity index (χ3n) is 2.41. The summed E-state index contributed by atoms with van der Waals surface area (Å²) in [5.41, 5.74) is 0. The van der Waals surface area contributed by atoms with E-state index < -0.39 is 0 Å². The van der Waals surface area contributed by atoms with Crippen molar-refractivity contribution in [3.63, 3.8) is 0 Å². The van der Waals surface area contributed by atoms with E-state index in [4.69, 9.17) is 9.47 Å². The van der Waals surface area contributed by atoms with E-state index in [1.165, 1.54) is 10.8 Å². The zero-order valence-electron chi connectivity index (χ0n) is 11.4. The van der Waals surface area contributed by atoms with Crippen LogP contribution < -0.4 is 0 Å². The van der Waals surface area contributed by atoms with E-state index in [0.29, 0.717) is 6.10 Å². The molecule has 2 nitrogen and oxygen atoms in total. The predicted molar refractivity (Wildman–Crippen MR) is 76.9 cm³/mol. The normalized spacial score (nSPS) is 16.1. The fourth-order valence-electron chi connectivity index (χ4n) is 1.48. The standard InChI is InChI=1S/C10H8.C4H8O2.C2H6/c1-2-6-10-8-4-3-7-9(10)5-1;1-5-2-4-3-6-4;1-2/h1-8H;4H,2-3H2,1H3;1-2H3. The number of fused-ring (bicyclic) bond motifs is 1. The SMILES string of the molecule is CC.COCC1CO1.c1ccc2ccccc2c1. The molecule has 1 aliphatic heterocycles. The molecule has 2 aromatic carbocycles. The van der Waals surface area contributed by atoms with E-state index >= 15 is 0 Å². The van der Waals surface area contributed by atoms with Crippen LogP contribution in [0, 0.1) is 0 Å². The summed E-state index contributed by atoms with van der Waals surface area (Å²) >= 11 is 0. The number of hydrogen-bond donors (Lipinski definition) is 0. The van der Waals surface area contributed by atoms with Crippen LogP contribution in [0.3, 0.4) is 0 Å². The van der Waals surface area contributed by atoms with Crippen LogP contribution in [0.2, 0.25) is 0 Å². The van der Waals surface area contributed by atoms with Gasteiger partial charge in [0, 0.05) is 7.11 Å². The molecule has 18 heavy (non-hydrogen) atoms. The summed E-state index contributed by atoms with van der Waals surface area (Å²) in [5, 5.41) is 2.62. The Morgan fingerprint density at radius 2 is 1.39 bits per heavy atom. The van der Waals surface area contributed by atoms with Gasteiger partial charge in [0.2, 0.25) is 0 Å². The summed E-state index contributed by atoms with van der Waals surface area (Å²) in [6.07, 6.45) is 0.426. The van der Waals surface area contributed by atoms with Crippen LogP contribution in [0.4, 0.5) is 0 Å². The van der Waals surface area contributed by atoms with E-state index in [-0.39, 0.29) is 0 Å². The zero-order valence-corrected chi connectivity index (χ0v) is 11.4. The number of rotatable bonds is 2. The van der Waals surface area contributed by atoms with Gasteiger partial charge in [0.25, 0.3) is 0 Å². The van der Waals surface area contributed by atoms with Crippen LogP contribution in [0.25, 0.3) is 10.8 Å². The van der Waals surface area contributed by atoms with E-state index in [1.54, 1.807) is 7.11 Å². The number of epoxide rings is 1. The quantitative estimate of drug-likeness (QED) is 0.750. The monoisotopic (exact) mass is 246 g/mol. The molecule has 0 bridgehead atoms. The first-order chi connectivity index (χ1) is 8.90. The molecule has 0 N–H and O–H groups in total. The second kappa shape index (κ2) is 8.67. The number of benzene rings is 2. The van der Waals surface area contributed by atoms with Crippen molar-refractivity contribution in [3.05, 3.63) is 48.5 Å². The van der Waals surface area contributed by atoms with Crippen LogP contribution in [0.5, 0.6) is 0 Å². The molecule has 98 valence electrons. The Morgan fingerprint density at radius 1 is 1.00 bits per heavy atom. The molecule has 1 heterocycles. The lowest BCUT2D eigenvalue weighted by molar-refractivity contribution is 0.171. The minimum absolute atomic E-state index is 0.426. The highest BCUT2D eigenvalue weighted by atomic mass is 16.6. The Bertz CT molecular complexity index is 370. The molecule has 1 atom stereocenters. The third-order valence-corrected chi connectivity index (χ3v) is 2.41. The third kappa shape index (κ3) is 5.30. The van der Waals surface area contributed by atoms with Crippen molar-refractivity contribution >= 4 is 10.8 Å². The van der Waals surface area contributed by atoms with Crippen molar-refractivity contribution in [1.29, 1.82) is 0 Å². The minimum atomic E-state index is 0.426. The smallest absolute Gasteiger partial charge is 0.104 e. The summed E-state index contributed by atoms with van der Waals surface area (Å²) in [7, 11) is 1.68. The van der Waals surface area contributed by atoms with Gasteiger partial charge in [-0.05, 0) is 10.8 Å². The molecule has 1 unspecified atom stereocenters.